The Kier molecular flexibility index (Phi) is 5.57. The van der Waals surface area contributed by atoms with Crippen LogP contribution in [-0.4, -0.2) is 58.1 Å². The van der Waals surface area contributed by atoms with E-state index in [0.717, 1.165) is 32.7 Å². The fraction of sp³-hybridized carbons (Fsp3) is 0.800. The van der Waals surface area contributed by atoms with Crippen LogP contribution in [0.2, 0.25) is 0 Å². The van der Waals surface area contributed by atoms with Gasteiger partial charge in [-0.3, -0.25) is 9.80 Å². The molecule has 2 atom stereocenters. The molecule has 1 saturated heterocycles. The fourth-order valence-corrected chi connectivity index (χ4v) is 3.42. The Labute approximate surface area is 122 Å². The average molecular weight is 279 g/mol. The summed E-state index contributed by atoms with van der Waals surface area (Å²) in [6, 6.07) is 0.982. The van der Waals surface area contributed by atoms with Gasteiger partial charge in [0.2, 0.25) is 0 Å². The number of rotatable bonds is 7. The van der Waals surface area contributed by atoms with Crippen LogP contribution in [0.5, 0.6) is 0 Å². The molecule has 0 radical (unpaired) electrons. The van der Waals surface area contributed by atoms with Crippen molar-refractivity contribution < 1.29 is 0 Å². The minimum atomic E-state index is 0.304. The van der Waals surface area contributed by atoms with Gasteiger partial charge in [-0.2, -0.15) is 0 Å². The smallest absolute Gasteiger partial charge is 0.0948 e. The summed E-state index contributed by atoms with van der Waals surface area (Å²) < 4.78 is 2.21. The molecule has 114 valence electrons. The number of nitrogens with zero attached hydrogens (tertiary/aromatic N) is 4. The lowest BCUT2D eigenvalue weighted by molar-refractivity contribution is 0.186. The molecule has 20 heavy (non-hydrogen) atoms. The molecule has 0 spiro atoms. The van der Waals surface area contributed by atoms with Gasteiger partial charge in [-0.05, 0) is 26.4 Å². The highest BCUT2D eigenvalue weighted by molar-refractivity contribution is 5.08. The van der Waals surface area contributed by atoms with Crippen LogP contribution in [0.3, 0.4) is 0 Å². The Morgan fingerprint density at radius 1 is 1.40 bits per heavy atom. The summed E-state index contributed by atoms with van der Waals surface area (Å²) in [4.78, 5) is 9.38. The molecular formula is C15H29N5. The number of likely N-dealkylation sites (tertiary alicyclic amines) is 1. The molecule has 2 rings (SSSR count). The average Bonchev–Trinajstić information content (AvgIpc) is 3.11. The molecule has 0 aliphatic carbocycles. The van der Waals surface area contributed by atoms with E-state index in [1.165, 1.54) is 12.1 Å². The van der Waals surface area contributed by atoms with E-state index in [9.17, 15) is 0 Å². The van der Waals surface area contributed by atoms with Gasteiger partial charge in [0.15, 0.2) is 0 Å². The maximum atomic E-state index is 6.06. The summed E-state index contributed by atoms with van der Waals surface area (Å²) in [5.41, 5.74) is 7.32. The molecule has 5 nitrogen and oxygen atoms in total. The zero-order valence-electron chi connectivity index (χ0n) is 13.1. The topological polar surface area (TPSA) is 50.3 Å². The van der Waals surface area contributed by atoms with Crippen molar-refractivity contribution in [1.29, 1.82) is 0 Å². The largest absolute Gasteiger partial charge is 0.333 e. The maximum absolute atomic E-state index is 6.06. The Morgan fingerprint density at radius 2 is 2.15 bits per heavy atom. The number of likely N-dealkylation sites (N-methyl/N-ethyl adjacent to an activating group) is 1. The highest BCUT2D eigenvalue weighted by atomic mass is 15.3. The molecule has 2 N–H and O–H groups in total. The molecule has 0 amide bonds. The summed E-state index contributed by atoms with van der Waals surface area (Å²) in [6.45, 7) is 12.8. The van der Waals surface area contributed by atoms with E-state index in [2.05, 4.69) is 40.1 Å². The van der Waals surface area contributed by atoms with Gasteiger partial charge in [-0.1, -0.05) is 13.8 Å². The number of hydrogen-bond acceptors (Lipinski definition) is 4. The number of aromatic nitrogens is 2. The van der Waals surface area contributed by atoms with Gasteiger partial charge in [0.1, 0.15) is 0 Å². The molecule has 1 aromatic heterocycles. The zero-order chi connectivity index (χ0) is 14.5. The predicted octanol–water partition coefficient (Wildman–Crippen LogP) is 1.32. The van der Waals surface area contributed by atoms with Gasteiger partial charge >= 0.3 is 0 Å². The van der Waals surface area contributed by atoms with Crippen LogP contribution in [0.4, 0.5) is 0 Å². The van der Waals surface area contributed by atoms with Crippen molar-refractivity contribution in [3.8, 4) is 0 Å². The number of nitrogens with two attached hydrogens (primary N) is 1. The van der Waals surface area contributed by atoms with Crippen LogP contribution in [-0.2, 0) is 6.54 Å². The number of hydrogen-bond donors (Lipinski definition) is 1. The first-order valence-electron chi connectivity index (χ1n) is 7.93. The van der Waals surface area contributed by atoms with E-state index in [-0.39, 0.29) is 0 Å². The maximum Gasteiger partial charge on any atom is 0.0948 e. The Morgan fingerprint density at radius 3 is 2.75 bits per heavy atom. The SMILES string of the molecule is CCN(CC)C1CCN(C(CN)c2cncn2CC)C1. The summed E-state index contributed by atoms with van der Waals surface area (Å²) in [5.74, 6) is 0. The Hall–Kier alpha value is -0.910. The number of imidazole rings is 1. The predicted molar refractivity (Wildman–Crippen MR) is 82.6 cm³/mol. The molecule has 2 unspecified atom stereocenters. The summed E-state index contributed by atoms with van der Waals surface area (Å²) in [5, 5.41) is 0. The molecule has 0 saturated carbocycles. The minimum Gasteiger partial charge on any atom is -0.333 e. The van der Waals surface area contributed by atoms with E-state index >= 15 is 0 Å². The normalized spacial score (nSPS) is 21.8. The van der Waals surface area contributed by atoms with Crippen molar-refractivity contribution in [2.45, 2.75) is 45.8 Å². The minimum absolute atomic E-state index is 0.304. The second-order valence-corrected chi connectivity index (χ2v) is 5.51. The Bertz CT molecular complexity index is 399. The van der Waals surface area contributed by atoms with E-state index in [0.29, 0.717) is 18.6 Å². The molecule has 1 aromatic rings. The van der Waals surface area contributed by atoms with Crippen LogP contribution in [0.15, 0.2) is 12.5 Å². The molecule has 1 aliphatic heterocycles. The Balaban J connectivity index is 2.07. The standard InChI is InChI=1S/C15H29N5/c1-4-18(5-2)13-7-8-20(11-13)14(9-16)15-10-17-12-19(15)6-3/h10,12-14H,4-9,11,16H2,1-3H3. The molecular weight excluding hydrogens is 250 g/mol. The second kappa shape index (κ2) is 7.20. The van der Waals surface area contributed by atoms with E-state index in [1.54, 1.807) is 0 Å². The molecule has 1 aliphatic rings. The lowest BCUT2D eigenvalue weighted by Crippen LogP contribution is -2.39. The third kappa shape index (κ3) is 3.05. The molecule has 2 heterocycles. The van der Waals surface area contributed by atoms with E-state index in [1.807, 2.05) is 12.5 Å². The first kappa shape index (κ1) is 15.5. The second-order valence-electron chi connectivity index (χ2n) is 5.51. The first-order chi connectivity index (χ1) is 9.74. The summed E-state index contributed by atoms with van der Waals surface area (Å²) in [6.07, 6.45) is 5.14. The summed E-state index contributed by atoms with van der Waals surface area (Å²) in [7, 11) is 0. The fourth-order valence-electron chi connectivity index (χ4n) is 3.42. The van der Waals surface area contributed by atoms with Crippen LogP contribution in [0, 0.1) is 0 Å². The van der Waals surface area contributed by atoms with Crippen molar-refractivity contribution in [3.63, 3.8) is 0 Å². The third-order valence-corrected chi connectivity index (χ3v) is 4.61. The van der Waals surface area contributed by atoms with Gasteiger partial charge in [0, 0.05) is 38.4 Å². The van der Waals surface area contributed by atoms with E-state index < -0.39 is 0 Å². The van der Waals surface area contributed by atoms with Crippen molar-refractivity contribution in [2.24, 2.45) is 5.73 Å². The van der Waals surface area contributed by atoms with Crippen molar-refractivity contribution in [2.75, 3.05) is 32.7 Å². The monoisotopic (exact) mass is 279 g/mol. The van der Waals surface area contributed by atoms with E-state index in [4.69, 9.17) is 5.73 Å². The van der Waals surface area contributed by atoms with Crippen molar-refractivity contribution in [3.05, 3.63) is 18.2 Å². The van der Waals surface area contributed by atoms with Gasteiger partial charge < -0.3 is 10.3 Å². The van der Waals surface area contributed by atoms with Gasteiger partial charge in [-0.25, -0.2) is 4.98 Å². The van der Waals surface area contributed by atoms with Crippen molar-refractivity contribution in [1.82, 2.24) is 19.4 Å². The van der Waals surface area contributed by atoms with Crippen molar-refractivity contribution >= 4 is 0 Å². The quantitative estimate of drug-likeness (QED) is 0.818. The van der Waals surface area contributed by atoms with Gasteiger partial charge in [-0.15, -0.1) is 0 Å². The summed E-state index contributed by atoms with van der Waals surface area (Å²) >= 11 is 0. The molecule has 5 heteroatoms. The molecule has 0 aromatic carbocycles. The van der Waals surface area contributed by atoms with Crippen LogP contribution in [0.25, 0.3) is 0 Å². The highest BCUT2D eigenvalue weighted by Gasteiger charge is 2.31. The van der Waals surface area contributed by atoms with Gasteiger partial charge in [0.25, 0.3) is 0 Å². The third-order valence-electron chi connectivity index (χ3n) is 4.61. The van der Waals surface area contributed by atoms with Crippen LogP contribution >= 0.6 is 0 Å². The lowest BCUT2D eigenvalue weighted by Gasteiger charge is -2.30. The molecule has 0 bridgehead atoms. The van der Waals surface area contributed by atoms with Crippen LogP contribution in [0.1, 0.15) is 38.9 Å². The number of aryl methyl sites for hydroxylation is 1. The lowest BCUT2D eigenvalue weighted by atomic mass is 10.2. The molecule has 1 fully saturated rings. The highest BCUT2D eigenvalue weighted by Crippen LogP contribution is 2.26. The zero-order valence-corrected chi connectivity index (χ0v) is 13.1. The van der Waals surface area contributed by atoms with Crippen LogP contribution < -0.4 is 5.73 Å². The first-order valence-corrected chi connectivity index (χ1v) is 7.93. The van der Waals surface area contributed by atoms with Gasteiger partial charge in [0.05, 0.1) is 18.1 Å².